The van der Waals surface area contributed by atoms with Crippen LogP contribution in [0.1, 0.15) is 40.0 Å². The molecule has 2 atom stereocenters. The summed E-state index contributed by atoms with van der Waals surface area (Å²) in [6.45, 7) is 7.24. The van der Waals surface area contributed by atoms with Gasteiger partial charge in [-0.3, -0.25) is 4.79 Å². The minimum atomic E-state index is -0.487. The number of ether oxygens (including phenoxy) is 1. The summed E-state index contributed by atoms with van der Waals surface area (Å²) in [6, 6.07) is 0.0551. The average Bonchev–Trinajstić information content (AvgIpc) is 2.70. The average molecular weight is 347 g/mol. The molecule has 2 fully saturated rings. The van der Waals surface area contributed by atoms with Gasteiger partial charge in [0.2, 0.25) is 5.91 Å². The predicted octanol–water partition coefficient (Wildman–Crippen LogP) is 2.90. The fourth-order valence-corrected chi connectivity index (χ4v) is 4.79. The lowest BCUT2D eigenvalue weighted by Gasteiger charge is -2.24. The molecule has 0 unspecified atom stereocenters. The molecule has 1 aliphatic heterocycles. The summed E-state index contributed by atoms with van der Waals surface area (Å²) in [5.74, 6) is 2.32. The Kier molecular flexibility index (Phi) is 6.32. The molecule has 0 radical (unpaired) electrons. The first-order valence-electron chi connectivity index (χ1n) is 7.88. The molecular weight excluding hydrogens is 320 g/mol. The Hall–Kier alpha value is -0.560. The smallest absolute Gasteiger partial charge is 0.407 e. The van der Waals surface area contributed by atoms with Crippen LogP contribution in [0.5, 0.6) is 0 Å². The number of hydrogen-bond donors (Lipinski definition) is 1. The largest absolute Gasteiger partial charge is 0.444 e. The highest BCUT2D eigenvalue weighted by Crippen LogP contribution is 2.30. The van der Waals surface area contributed by atoms with Crippen LogP contribution in [-0.2, 0) is 9.53 Å². The van der Waals surface area contributed by atoms with Gasteiger partial charge in [-0.15, -0.1) is 0 Å². The van der Waals surface area contributed by atoms with Gasteiger partial charge < -0.3 is 15.0 Å². The number of carbonyl (C=O) groups is 2. The van der Waals surface area contributed by atoms with Crippen molar-refractivity contribution in [3.8, 4) is 0 Å². The highest BCUT2D eigenvalue weighted by Gasteiger charge is 2.34. The van der Waals surface area contributed by atoms with Crippen LogP contribution >= 0.6 is 21.6 Å². The maximum absolute atomic E-state index is 12.6. The third-order valence-electron chi connectivity index (χ3n) is 3.79. The molecule has 22 heavy (non-hydrogen) atoms. The van der Waals surface area contributed by atoms with Crippen molar-refractivity contribution in [2.45, 2.75) is 51.7 Å². The van der Waals surface area contributed by atoms with E-state index >= 15 is 0 Å². The Morgan fingerprint density at radius 2 is 1.77 bits per heavy atom. The summed E-state index contributed by atoms with van der Waals surface area (Å²) < 4.78 is 5.28. The first-order valence-corrected chi connectivity index (χ1v) is 10.4. The predicted molar refractivity (Wildman–Crippen MR) is 92.0 cm³/mol. The highest BCUT2D eigenvalue weighted by atomic mass is 33.1. The van der Waals surface area contributed by atoms with Gasteiger partial charge in [0, 0.05) is 36.6 Å². The van der Waals surface area contributed by atoms with Gasteiger partial charge in [0.15, 0.2) is 0 Å². The molecule has 1 aliphatic carbocycles. The van der Waals surface area contributed by atoms with Crippen molar-refractivity contribution in [2.75, 3.05) is 24.6 Å². The van der Waals surface area contributed by atoms with Gasteiger partial charge in [-0.2, -0.15) is 0 Å². The van der Waals surface area contributed by atoms with Gasteiger partial charge in [0.05, 0.1) is 0 Å². The lowest BCUT2D eigenvalue weighted by molar-refractivity contribution is -0.134. The van der Waals surface area contributed by atoms with Crippen molar-refractivity contribution in [3.63, 3.8) is 0 Å². The van der Waals surface area contributed by atoms with Crippen molar-refractivity contribution < 1.29 is 14.3 Å². The minimum absolute atomic E-state index is 0.0491. The molecule has 5 nitrogen and oxygen atoms in total. The van der Waals surface area contributed by atoms with Gasteiger partial charge in [-0.05, 0) is 40.0 Å². The lowest BCUT2D eigenvalue weighted by Crippen LogP contribution is -2.40. The van der Waals surface area contributed by atoms with E-state index < -0.39 is 5.60 Å². The van der Waals surface area contributed by atoms with E-state index in [1.165, 1.54) is 0 Å². The molecule has 1 N–H and O–H groups in total. The molecule has 1 saturated heterocycles. The van der Waals surface area contributed by atoms with Crippen LogP contribution < -0.4 is 5.32 Å². The number of carbonyl (C=O) groups excluding carboxylic acids is 2. The molecule has 0 aromatic carbocycles. The number of nitrogens with zero attached hydrogens (tertiary/aromatic N) is 1. The third-order valence-corrected chi connectivity index (χ3v) is 6.15. The van der Waals surface area contributed by atoms with E-state index in [9.17, 15) is 9.59 Å². The Morgan fingerprint density at radius 1 is 1.14 bits per heavy atom. The molecule has 2 amide bonds. The van der Waals surface area contributed by atoms with Gasteiger partial charge in [-0.1, -0.05) is 21.6 Å². The zero-order chi connectivity index (χ0) is 16.2. The standard InChI is InChI=1S/C15H26N2O3S2/c1-15(2,3)20-14(19)16-12-5-4-11(10-12)13(18)17-6-8-21-22-9-7-17/h11-12H,4-10H2,1-3H3,(H,16,19)/t11-,12+/m1/s1. The lowest BCUT2D eigenvalue weighted by atomic mass is 10.1. The van der Waals surface area contributed by atoms with Crippen LogP contribution in [0.3, 0.4) is 0 Å². The Morgan fingerprint density at radius 3 is 2.36 bits per heavy atom. The molecule has 0 bridgehead atoms. The number of hydrogen-bond acceptors (Lipinski definition) is 5. The highest BCUT2D eigenvalue weighted by molar-refractivity contribution is 8.76. The number of amides is 2. The molecule has 2 aliphatic rings. The van der Waals surface area contributed by atoms with Crippen LogP contribution in [0.2, 0.25) is 0 Å². The first kappa shape index (κ1) is 17.8. The molecule has 0 spiro atoms. The van der Waals surface area contributed by atoms with E-state index in [0.717, 1.165) is 43.9 Å². The minimum Gasteiger partial charge on any atom is -0.444 e. The maximum Gasteiger partial charge on any atom is 0.407 e. The maximum atomic E-state index is 12.6. The Bertz CT molecular complexity index is 404. The van der Waals surface area contributed by atoms with E-state index in [1.807, 2.05) is 47.3 Å². The molecule has 0 aromatic heterocycles. The van der Waals surface area contributed by atoms with Crippen LogP contribution in [0, 0.1) is 5.92 Å². The number of nitrogens with one attached hydrogen (secondary N) is 1. The van der Waals surface area contributed by atoms with Gasteiger partial charge in [-0.25, -0.2) is 4.79 Å². The second kappa shape index (κ2) is 7.81. The summed E-state index contributed by atoms with van der Waals surface area (Å²) in [4.78, 5) is 26.4. The van der Waals surface area contributed by atoms with E-state index in [2.05, 4.69) is 5.32 Å². The monoisotopic (exact) mass is 346 g/mol. The fourth-order valence-electron chi connectivity index (χ4n) is 2.81. The van der Waals surface area contributed by atoms with Crippen molar-refractivity contribution >= 4 is 33.6 Å². The number of alkyl carbamates (subject to hydrolysis) is 1. The van der Waals surface area contributed by atoms with Crippen molar-refractivity contribution in [3.05, 3.63) is 0 Å². The summed E-state index contributed by atoms with van der Waals surface area (Å²) in [5, 5.41) is 2.90. The van der Waals surface area contributed by atoms with Gasteiger partial charge in [0.1, 0.15) is 5.60 Å². The molecular formula is C15H26N2O3S2. The van der Waals surface area contributed by atoms with Crippen molar-refractivity contribution in [2.24, 2.45) is 5.92 Å². The van der Waals surface area contributed by atoms with Gasteiger partial charge in [0.25, 0.3) is 0 Å². The molecule has 2 rings (SSSR count). The molecule has 1 heterocycles. The normalized spacial score (nSPS) is 26.4. The van der Waals surface area contributed by atoms with Crippen LogP contribution in [0.15, 0.2) is 0 Å². The first-order chi connectivity index (χ1) is 10.3. The van der Waals surface area contributed by atoms with E-state index in [4.69, 9.17) is 4.74 Å². The summed E-state index contributed by atoms with van der Waals surface area (Å²) in [7, 11) is 3.69. The quantitative estimate of drug-likeness (QED) is 0.779. The van der Waals surface area contributed by atoms with Crippen LogP contribution in [-0.4, -0.2) is 53.1 Å². The number of rotatable bonds is 2. The van der Waals surface area contributed by atoms with E-state index in [-0.39, 0.29) is 24.0 Å². The fraction of sp³-hybridized carbons (Fsp3) is 0.867. The second-order valence-corrected chi connectivity index (χ2v) is 9.52. The zero-order valence-electron chi connectivity index (χ0n) is 13.6. The molecule has 0 aromatic rings. The summed E-state index contributed by atoms with van der Waals surface area (Å²) in [5.41, 5.74) is -0.487. The second-order valence-electron chi connectivity index (χ2n) is 6.82. The SMILES string of the molecule is CC(C)(C)OC(=O)N[C@H]1CC[C@@H](C(=O)N2CCSSCC2)C1. The summed E-state index contributed by atoms with van der Waals surface area (Å²) in [6.07, 6.45) is 2.06. The van der Waals surface area contributed by atoms with Crippen LogP contribution in [0.4, 0.5) is 4.79 Å². The topological polar surface area (TPSA) is 58.6 Å². The van der Waals surface area contributed by atoms with E-state index in [1.54, 1.807) is 0 Å². The Balaban J connectivity index is 1.79. The molecule has 126 valence electrons. The molecule has 1 saturated carbocycles. The molecule has 7 heteroatoms. The van der Waals surface area contributed by atoms with E-state index in [0.29, 0.717) is 0 Å². The Labute approximate surface area is 140 Å². The van der Waals surface area contributed by atoms with Crippen molar-refractivity contribution in [1.29, 1.82) is 0 Å². The zero-order valence-corrected chi connectivity index (χ0v) is 15.2. The van der Waals surface area contributed by atoms with Crippen LogP contribution in [0.25, 0.3) is 0 Å². The summed E-state index contributed by atoms with van der Waals surface area (Å²) >= 11 is 0. The van der Waals surface area contributed by atoms with Gasteiger partial charge >= 0.3 is 6.09 Å². The van der Waals surface area contributed by atoms with Crippen molar-refractivity contribution in [1.82, 2.24) is 10.2 Å². The third kappa shape index (κ3) is 5.57.